The average molecular weight is 291 g/mol. The Labute approximate surface area is 92.0 Å². The molecular weight excluding hydrogens is 277 g/mol. The van der Waals surface area contributed by atoms with Crippen LogP contribution in [0.3, 0.4) is 0 Å². The summed E-state index contributed by atoms with van der Waals surface area (Å²) in [5.41, 5.74) is 1.20. The Bertz CT molecular complexity index is 302. The monoisotopic (exact) mass is 291 g/mol. The third-order valence-electron chi connectivity index (χ3n) is 2.41. The minimum Gasteiger partial charge on any atom is -0.312 e. The molecule has 0 unspecified atom stereocenters. The van der Waals surface area contributed by atoms with Gasteiger partial charge in [-0.1, -0.05) is 13.8 Å². The standard InChI is InChI=1S/C9H14IN3/c1-6(2)8-3-9(10)13(12-8)7-4-11-5-7/h3,6-7,11H,4-5H2,1-2H3. The molecule has 4 heteroatoms. The number of hydrogen-bond donors (Lipinski definition) is 1. The van der Waals surface area contributed by atoms with Gasteiger partial charge >= 0.3 is 0 Å². The summed E-state index contributed by atoms with van der Waals surface area (Å²) >= 11 is 2.36. The third kappa shape index (κ3) is 1.74. The van der Waals surface area contributed by atoms with Crippen molar-refractivity contribution in [1.82, 2.24) is 15.1 Å². The lowest BCUT2D eigenvalue weighted by Crippen LogP contribution is -2.44. The molecule has 0 spiro atoms. The molecule has 1 aliphatic heterocycles. The highest BCUT2D eigenvalue weighted by atomic mass is 127. The van der Waals surface area contributed by atoms with Crippen molar-refractivity contribution in [2.45, 2.75) is 25.8 Å². The van der Waals surface area contributed by atoms with Gasteiger partial charge in [-0.2, -0.15) is 5.10 Å². The molecule has 1 aliphatic rings. The summed E-state index contributed by atoms with van der Waals surface area (Å²) in [4.78, 5) is 0. The van der Waals surface area contributed by atoms with Gasteiger partial charge in [0.05, 0.1) is 15.4 Å². The Balaban J connectivity index is 2.24. The van der Waals surface area contributed by atoms with Crippen LogP contribution in [0, 0.1) is 3.70 Å². The molecule has 3 nitrogen and oxygen atoms in total. The van der Waals surface area contributed by atoms with Gasteiger partial charge in [-0.25, -0.2) is 0 Å². The second-order valence-electron chi connectivity index (χ2n) is 3.80. The van der Waals surface area contributed by atoms with Crippen molar-refractivity contribution in [2.75, 3.05) is 13.1 Å². The van der Waals surface area contributed by atoms with Crippen LogP contribution >= 0.6 is 22.6 Å². The molecule has 0 aromatic carbocycles. The first kappa shape index (κ1) is 9.45. The maximum atomic E-state index is 4.60. The number of nitrogens with one attached hydrogen (secondary N) is 1. The zero-order valence-corrected chi connectivity index (χ0v) is 10.1. The predicted molar refractivity (Wildman–Crippen MR) is 60.9 cm³/mol. The molecule has 0 bridgehead atoms. The molecule has 0 radical (unpaired) electrons. The van der Waals surface area contributed by atoms with Crippen LogP contribution in [0.25, 0.3) is 0 Å². The molecule has 0 aliphatic carbocycles. The van der Waals surface area contributed by atoms with Gasteiger partial charge < -0.3 is 5.32 Å². The molecule has 1 aromatic heterocycles. The third-order valence-corrected chi connectivity index (χ3v) is 3.21. The van der Waals surface area contributed by atoms with E-state index in [9.17, 15) is 0 Å². The number of halogens is 1. The van der Waals surface area contributed by atoms with E-state index in [1.807, 2.05) is 0 Å². The Morgan fingerprint density at radius 1 is 1.62 bits per heavy atom. The van der Waals surface area contributed by atoms with Crippen molar-refractivity contribution in [2.24, 2.45) is 0 Å². The molecule has 1 fully saturated rings. The van der Waals surface area contributed by atoms with Crippen LogP contribution in [0.4, 0.5) is 0 Å². The number of nitrogens with zero attached hydrogens (tertiary/aromatic N) is 2. The maximum absolute atomic E-state index is 4.60. The summed E-state index contributed by atoms with van der Waals surface area (Å²) in [6, 6.07) is 2.77. The van der Waals surface area contributed by atoms with E-state index in [1.165, 1.54) is 9.39 Å². The molecule has 72 valence electrons. The Kier molecular flexibility index (Phi) is 2.60. The van der Waals surface area contributed by atoms with E-state index in [4.69, 9.17) is 0 Å². The van der Waals surface area contributed by atoms with Gasteiger partial charge in [0, 0.05) is 13.1 Å². The van der Waals surface area contributed by atoms with Crippen LogP contribution in [0.5, 0.6) is 0 Å². The van der Waals surface area contributed by atoms with Gasteiger partial charge in [0.15, 0.2) is 0 Å². The minimum atomic E-state index is 0.530. The van der Waals surface area contributed by atoms with Crippen LogP contribution in [0.15, 0.2) is 6.07 Å². The summed E-state index contributed by atoms with van der Waals surface area (Å²) in [6.45, 7) is 6.49. The smallest absolute Gasteiger partial charge is 0.0996 e. The molecule has 1 saturated heterocycles. The Morgan fingerprint density at radius 2 is 2.31 bits per heavy atom. The van der Waals surface area contributed by atoms with Crippen molar-refractivity contribution in [3.8, 4) is 0 Å². The van der Waals surface area contributed by atoms with Gasteiger partial charge in [0.25, 0.3) is 0 Å². The van der Waals surface area contributed by atoms with Crippen LogP contribution in [0.2, 0.25) is 0 Å². The van der Waals surface area contributed by atoms with Gasteiger partial charge in [-0.05, 0) is 34.6 Å². The second kappa shape index (κ2) is 3.57. The predicted octanol–water partition coefficient (Wildman–Crippen LogP) is 1.76. The van der Waals surface area contributed by atoms with Gasteiger partial charge in [-0.15, -0.1) is 0 Å². The second-order valence-corrected chi connectivity index (χ2v) is 4.91. The highest BCUT2D eigenvalue weighted by Gasteiger charge is 2.22. The van der Waals surface area contributed by atoms with Gasteiger partial charge in [0.2, 0.25) is 0 Å². The molecule has 0 atom stereocenters. The Hall–Kier alpha value is -0.100. The quantitative estimate of drug-likeness (QED) is 0.841. The summed E-state index contributed by atoms with van der Waals surface area (Å²) in [6.07, 6.45) is 0. The lowest BCUT2D eigenvalue weighted by atomic mass is 10.1. The van der Waals surface area contributed by atoms with E-state index in [1.54, 1.807) is 0 Å². The van der Waals surface area contributed by atoms with E-state index in [-0.39, 0.29) is 0 Å². The van der Waals surface area contributed by atoms with Crippen LogP contribution in [-0.2, 0) is 0 Å². The van der Waals surface area contributed by atoms with E-state index in [2.05, 4.69) is 57.6 Å². The summed E-state index contributed by atoms with van der Waals surface area (Å²) in [5.74, 6) is 0.530. The molecule has 0 amide bonds. The fourth-order valence-electron chi connectivity index (χ4n) is 1.37. The fourth-order valence-corrected chi connectivity index (χ4v) is 2.19. The van der Waals surface area contributed by atoms with Crippen LogP contribution in [0.1, 0.15) is 31.5 Å². The number of hydrogen-bond acceptors (Lipinski definition) is 2. The van der Waals surface area contributed by atoms with E-state index < -0.39 is 0 Å². The highest BCUT2D eigenvalue weighted by Crippen LogP contribution is 2.20. The van der Waals surface area contributed by atoms with Gasteiger partial charge in [0.1, 0.15) is 0 Å². The topological polar surface area (TPSA) is 29.9 Å². The molecule has 1 aromatic rings. The first-order valence-corrected chi connectivity index (χ1v) is 5.72. The van der Waals surface area contributed by atoms with Crippen LogP contribution < -0.4 is 5.32 Å². The SMILES string of the molecule is CC(C)c1cc(I)n(C2CNC2)n1. The number of rotatable bonds is 2. The Morgan fingerprint density at radius 3 is 2.69 bits per heavy atom. The zero-order chi connectivity index (χ0) is 9.42. The largest absolute Gasteiger partial charge is 0.312 e. The molecule has 2 heterocycles. The molecule has 1 N–H and O–H groups in total. The lowest BCUT2D eigenvalue weighted by molar-refractivity contribution is 0.311. The van der Waals surface area contributed by atoms with E-state index >= 15 is 0 Å². The average Bonchev–Trinajstić information content (AvgIpc) is 2.29. The summed E-state index contributed by atoms with van der Waals surface area (Å²) < 4.78 is 3.40. The molecule has 13 heavy (non-hydrogen) atoms. The normalized spacial score (nSPS) is 17.8. The molecule has 2 rings (SSSR count). The first-order valence-electron chi connectivity index (χ1n) is 4.64. The lowest BCUT2D eigenvalue weighted by Gasteiger charge is -2.28. The van der Waals surface area contributed by atoms with E-state index in [0.717, 1.165) is 13.1 Å². The van der Waals surface area contributed by atoms with Crippen molar-refractivity contribution < 1.29 is 0 Å². The summed E-state index contributed by atoms with van der Waals surface area (Å²) in [5, 5.41) is 7.86. The van der Waals surface area contributed by atoms with Crippen molar-refractivity contribution in [3.63, 3.8) is 0 Å². The number of aromatic nitrogens is 2. The molecule has 0 saturated carbocycles. The highest BCUT2D eigenvalue weighted by molar-refractivity contribution is 14.1. The van der Waals surface area contributed by atoms with Crippen LogP contribution in [-0.4, -0.2) is 22.9 Å². The molecular formula is C9H14IN3. The first-order chi connectivity index (χ1) is 6.18. The minimum absolute atomic E-state index is 0.530. The summed E-state index contributed by atoms with van der Waals surface area (Å²) in [7, 11) is 0. The zero-order valence-electron chi connectivity index (χ0n) is 7.92. The van der Waals surface area contributed by atoms with Crippen molar-refractivity contribution in [1.29, 1.82) is 0 Å². The van der Waals surface area contributed by atoms with E-state index in [0.29, 0.717) is 12.0 Å². The maximum Gasteiger partial charge on any atom is 0.0996 e. The van der Waals surface area contributed by atoms with Crippen molar-refractivity contribution in [3.05, 3.63) is 15.5 Å². The van der Waals surface area contributed by atoms with Gasteiger partial charge in [-0.3, -0.25) is 4.68 Å². The van der Waals surface area contributed by atoms with Crippen molar-refractivity contribution >= 4 is 22.6 Å². The fraction of sp³-hybridized carbons (Fsp3) is 0.667.